The van der Waals surface area contributed by atoms with Crippen LogP contribution in [0.15, 0.2) is 57.9 Å². The molecule has 1 aliphatic heterocycles. The van der Waals surface area contributed by atoms with E-state index in [-0.39, 0.29) is 17.8 Å². The zero-order valence-corrected chi connectivity index (χ0v) is 18.4. The van der Waals surface area contributed by atoms with Crippen molar-refractivity contribution in [3.63, 3.8) is 0 Å². The summed E-state index contributed by atoms with van der Waals surface area (Å²) in [6, 6.07) is 6.69. The molecule has 1 amide bonds. The van der Waals surface area contributed by atoms with Crippen LogP contribution in [0.5, 0.6) is 0 Å². The van der Waals surface area contributed by atoms with Crippen molar-refractivity contribution in [3.8, 4) is 0 Å². The fourth-order valence-corrected chi connectivity index (χ4v) is 4.17. The van der Waals surface area contributed by atoms with Crippen LogP contribution >= 0.6 is 0 Å². The minimum absolute atomic E-state index is 0.0227. The second-order valence-corrected chi connectivity index (χ2v) is 7.78. The highest BCUT2D eigenvalue weighted by atomic mass is 16.2. The topological polar surface area (TPSA) is 89.4 Å². The van der Waals surface area contributed by atoms with E-state index < -0.39 is 0 Å². The summed E-state index contributed by atoms with van der Waals surface area (Å²) in [4.78, 5) is 16.7. The van der Waals surface area contributed by atoms with Gasteiger partial charge in [-0.2, -0.15) is 0 Å². The van der Waals surface area contributed by atoms with Gasteiger partial charge >= 0.3 is 0 Å². The van der Waals surface area contributed by atoms with Crippen LogP contribution in [0.4, 0.5) is 0 Å². The van der Waals surface area contributed by atoms with Crippen LogP contribution < -0.4 is 16.0 Å². The lowest BCUT2D eigenvalue weighted by atomic mass is 9.76. The maximum absolute atomic E-state index is 12.8. The normalized spacial score (nSPS) is 22.2. The minimum Gasteiger partial charge on any atom is -0.379 e. The number of carbonyl (C=O) groups excluding carboxylic acids is 1. The molecule has 6 nitrogen and oxygen atoms in total. The Labute approximate surface area is 178 Å². The maximum atomic E-state index is 12.8. The molecule has 0 saturated carbocycles. The van der Waals surface area contributed by atoms with E-state index in [1.54, 1.807) is 7.05 Å². The van der Waals surface area contributed by atoms with Gasteiger partial charge in [0.1, 0.15) is 0 Å². The average Bonchev–Trinajstić information content (AvgIpc) is 3.06. The molecule has 30 heavy (non-hydrogen) atoms. The second-order valence-electron chi connectivity index (χ2n) is 7.78. The molecule has 0 bridgehead atoms. The van der Waals surface area contributed by atoms with Gasteiger partial charge in [-0.1, -0.05) is 44.2 Å². The van der Waals surface area contributed by atoms with Gasteiger partial charge < -0.3 is 16.0 Å². The molecule has 4 N–H and O–H groups in total. The first kappa shape index (κ1) is 21.6. The molecule has 2 atom stereocenters. The Bertz CT molecular complexity index is 983. The van der Waals surface area contributed by atoms with Crippen molar-refractivity contribution in [3.05, 3.63) is 69.6 Å². The lowest BCUT2D eigenvalue weighted by molar-refractivity contribution is -0.115. The predicted molar refractivity (Wildman–Crippen MR) is 123 cm³/mol. The molecular formula is C24H31N5O. The monoisotopic (exact) mass is 405 g/mol. The van der Waals surface area contributed by atoms with Crippen LogP contribution in [0, 0.1) is 18.3 Å². The van der Waals surface area contributed by atoms with Gasteiger partial charge in [0.2, 0.25) is 5.96 Å². The summed E-state index contributed by atoms with van der Waals surface area (Å²) in [6.07, 6.45) is 7.84. The van der Waals surface area contributed by atoms with E-state index in [0.717, 1.165) is 24.1 Å². The van der Waals surface area contributed by atoms with Gasteiger partial charge in [-0.15, -0.1) is 0 Å². The number of allylic oxidation sites excluding steroid dienone is 4. The largest absolute Gasteiger partial charge is 0.379 e. The van der Waals surface area contributed by atoms with E-state index in [0.29, 0.717) is 17.2 Å². The zero-order chi connectivity index (χ0) is 21.8. The van der Waals surface area contributed by atoms with Crippen LogP contribution in [-0.4, -0.2) is 25.3 Å². The standard InChI is InChI=1S/C24H31N5O/c1-6-16-9-8-14(3)18(10-16)19-12-20-21(11-17(19)7-2)29-23(30)22(20)15(4)28-24(25)27-13-26-5/h8-13,17,19H,6-7H2,1-5H3,(H,29,30)(H3,25,26,27,28)/b22-15-. The van der Waals surface area contributed by atoms with E-state index in [2.05, 4.69) is 72.1 Å². The van der Waals surface area contributed by atoms with E-state index in [9.17, 15) is 4.79 Å². The Balaban J connectivity index is 2.04. The van der Waals surface area contributed by atoms with Crippen LogP contribution in [0.25, 0.3) is 0 Å². The van der Waals surface area contributed by atoms with Crippen molar-refractivity contribution >= 4 is 18.2 Å². The Kier molecular flexibility index (Phi) is 6.55. The number of nitrogens with one attached hydrogen (secondary N) is 4. The van der Waals surface area contributed by atoms with Crippen molar-refractivity contribution in [1.29, 1.82) is 5.41 Å². The number of aliphatic imine (C=N–C) groups is 1. The molecule has 1 aromatic carbocycles. The van der Waals surface area contributed by atoms with Crippen molar-refractivity contribution in [2.45, 2.75) is 46.5 Å². The van der Waals surface area contributed by atoms with Gasteiger partial charge in [-0.3, -0.25) is 10.2 Å². The number of rotatable bonds is 5. The number of hydrogen-bond acceptors (Lipinski definition) is 2. The molecule has 3 rings (SSSR count). The molecule has 0 spiro atoms. The Morgan fingerprint density at radius 2 is 2.07 bits per heavy atom. The maximum Gasteiger partial charge on any atom is 0.258 e. The summed E-state index contributed by atoms with van der Waals surface area (Å²) in [5, 5.41) is 16.6. The van der Waals surface area contributed by atoms with Gasteiger partial charge in [0, 0.05) is 29.9 Å². The molecule has 2 aliphatic rings. The van der Waals surface area contributed by atoms with Gasteiger partial charge in [0.15, 0.2) is 0 Å². The molecule has 158 valence electrons. The van der Waals surface area contributed by atoms with E-state index in [1.165, 1.54) is 23.0 Å². The van der Waals surface area contributed by atoms with Crippen LogP contribution in [-0.2, 0) is 11.2 Å². The summed E-state index contributed by atoms with van der Waals surface area (Å²) in [7, 11) is 1.72. The highest BCUT2D eigenvalue weighted by Crippen LogP contribution is 2.42. The van der Waals surface area contributed by atoms with Crippen LogP contribution in [0.2, 0.25) is 0 Å². The summed E-state index contributed by atoms with van der Waals surface area (Å²) in [6.45, 7) is 8.33. The van der Waals surface area contributed by atoms with E-state index >= 15 is 0 Å². The summed E-state index contributed by atoms with van der Waals surface area (Å²) >= 11 is 0. The molecule has 1 aliphatic carbocycles. The van der Waals surface area contributed by atoms with Crippen molar-refractivity contribution in [1.82, 2.24) is 16.0 Å². The van der Waals surface area contributed by atoms with Crippen LogP contribution in [0.3, 0.4) is 0 Å². The predicted octanol–water partition coefficient (Wildman–Crippen LogP) is 3.67. The third-order valence-corrected chi connectivity index (χ3v) is 5.81. The first-order chi connectivity index (χ1) is 14.4. The zero-order valence-electron chi connectivity index (χ0n) is 18.4. The van der Waals surface area contributed by atoms with E-state index in [4.69, 9.17) is 5.41 Å². The SMILES string of the molecule is CCc1ccc(C)c(C2C=C3C(=CC2CC)NC(=O)/C3=C(/C)NC(=N)/N=C\NC)c1. The fourth-order valence-electron chi connectivity index (χ4n) is 4.17. The summed E-state index contributed by atoms with van der Waals surface area (Å²) in [5.41, 5.74) is 6.89. The van der Waals surface area contributed by atoms with Crippen molar-refractivity contribution < 1.29 is 4.79 Å². The molecule has 1 saturated heterocycles. The Morgan fingerprint density at radius 3 is 2.73 bits per heavy atom. The summed E-state index contributed by atoms with van der Waals surface area (Å²) < 4.78 is 0. The van der Waals surface area contributed by atoms with Gasteiger partial charge in [0.25, 0.3) is 5.91 Å². The highest BCUT2D eigenvalue weighted by Gasteiger charge is 2.35. The fraction of sp³-hybridized carbons (Fsp3) is 0.375. The van der Waals surface area contributed by atoms with E-state index in [1.807, 2.05) is 6.92 Å². The highest BCUT2D eigenvalue weighted by molar-refractivity contribution is 6.06. The third kappa shape index (κ3) is 4.22. The first-order valence-electron chi connectivity index (χ1n) is 10.5. The van der Waals surface area contributed by atoms with Crippen LogP contribution in [0.1, 0.15) is 49.8 Å². The Morgan fingerprint density at radius 1 is 1.30 bits per heavy atom. The number of guanidine groups is 1. The molecular weight excluding hydrogens is 374 g/mol. The molecule has 0 aromatic heterocycles. The first-order valence-corrected chi connectivity index (χ1v) is 10.5. The average molecular weight is 406 g/mol. The van der Waals surface area contributed by atoms with Gasteiger partial charge in [0.05, 0.1) is 11.9 Å². The molecule has 6 heteroatoms. The molecule has 2 unspecified atom stereocenters. The quantitative estimate of drug-likeness (QED) is 0.342. The van der Waals surface area contributed by atoms with Crippen molar-refractivity contribution in [2.24, 2.45) is 10.9 Å². The number of benzene rings is 1. The second kappa shape index (κ2) is 9.11. The molecule has 0 radical (unpaired) electrons. The number of hydrogen-bond donors (Lipinski definition) is 4. The third-order valence-electron chi connectivity index (χ3n) is 5.81. The number of amides is 1. The molecule has 1 aromatic rings. The lowest BCUT2D eigenvalue weighted by Crippen LogP contribution is -2.23. The number of nitrogens with zero attached hydrogens (tertiary/aromatic N) is 1. The number of carbonyl (C=O) groups is 1. The minimum atomic E-state index is -0.141. The lowest BCUT2D eigenvalue weighted by Gasteiger charge is -2.28. The number of aryl methyl sites for hydroxylation is 2. The Hall–Kier alpha value is -3.15. The number of fused-ring (bicyclic) bond motifs is 1. The van der Waals surface area contributed by atoms with Gasteiger partial charge in [-0.05, 0) is 49.3 Å². The molecule has 1 heterocycles. The summed E-state index contributed by atoms with van der Waals surface area (Å²) in [5.74, 6) is 0.362. The van der Waals surface area contributed by atoms with Gasteiger partial charge in [-0.25, -0.2) is 4.99 Å². The smallest absolute Gasteiger partial charge is 0.258 e. The van der Waals surface area contributed by atoms with Crippen molar-refractivity contribution in [2.75, 3.05) is 7.05 Å². The molecule has 1 fully saturated rings.